The summed E-state index contributed by atoms with van der Waals surface area (Å²) in [6, 6.07) is 6.67. The van der Waals surface area contributed by atoms with Gasteiger partial charge < -0.3 is 19.5 Å². The van der Waals surface area contributed by atoms with Gasteiger partial charge in [-0.3, -0.25) is 9.59 Å². The minimum atomic E-state index is -0.878. The molecule has 1 saturated heterocycles. The molecule has 1 fully saturated rings. The number of carbonyl (C=O) groups excluding carboxylic acids is 1. The summed E-state index contributed by atoms with van der Waals surface area (Å²) in [5.41, 5.74) is 0.431. The van der Waals surface area contributed by atoms with Gasteiger partial charge in [-0.2, -0.15) is 5.26 Å². The zero-order chi connectivity index (χ0) is 16.8. The van der Waals surface area contributed by atoms with E-state index in [4.69, 9.17) is 19.8 Å². The average molecular weight is 318 g/mol. The molecule has 1 amide bonds. The molecule has 1 aromatic carbocycles. The molecule has 0 spiro atoms. The van der Waals surface area contributed by atoms with Crippen LogP contribution >= 0.6 is 0 Å². The van der Waals surface area contributed by atoms with Crippen LogP contribution in [0.3, 0.4) is 0 Å². The number of rotatable bonds is 5. The smallest absolute Gasteiger partial charge is 0.308 e. The number of piperidine rings is 1. The second kappa shape index (κ2) is 7.49. The lowest BCUT2D eigenvalue weighted by Gasteiger charge is -2.30. The van der Waals surface area contributed by atoms with Gasteiger partial charge in [0.25, 0.3) is 5.91 Å². The fraction of sp³-hybridized carbons (Fsp3) is 0.438. The summed E-state index contributed by atoms with van der Waals surface area (Å²) in [6.45, 7) is 0.549. The molecule has 1 aliphatic rings. The van der Waals surface area contributed by atoms with Crippen molar-refractivity contribution in [3.63, 3.8) is 0 Å². The monoisotopic (exact) mass is 318 g/mol. The summed E-state index contributed by atoms with van der Waals surface area (Å²) in [4.78, 5) is 24.7. The van der Waals surface area contributed by atoms with Crippen molar-refractivity contribution in [1.29, 1.82) is 5.26 Å². The first-order chi connectivity index (χ1) is 11.0. The Morgan fingerprint density at radius 2 is 2.22 bits per heavy atom. The van der Waals surface area contributed by atoms with Gasteiger partial charge in [-0.05, 0) is 25.0 Å². The second-order valence-electron chi connectivity index (χ2n) is 5.28. The summed E-state index contributed by atoms with van der Waals surface area (Å²) in [7, 11) is 1.45. The van der Waals surface area contributed by atoms with Gasteiger partial charge in [-0.1, -0.05) is 0 Å². The molecule has 1 aromatic rings. The quantitative estimate of drug-likeness (QED) is 0.877. The molecule has 7 heteroatoms. The van der Waals surface area contributed by atoms with E-state index in [0.717, 1.165) is 0 Å². The number of benzene rings is 1. The molecule has 0 saturated carbocycles. The Labute approximate surface area is 134 Å². The van der Waals surface area contributed by atoms with Gasteiger partial charge in [0, 0.05) is 19.2 Å². The highest BCUT2D eigenvalue weighted by Gasteiger charge is 2.28. The Balaban J connectivity index is 1.96. The molecular formula is C16H18N2O5. The maximum atomic E-state index is 12.2. The highest BCUT2D eigenvalue weighted by Crippen LogP contribution is 2.28. The number of hydrogen-bond donors (Lipinski definition) is 1. The van der Waals surface area contributed by atoms with Crippen LogP contribution in [0.5, 0.6) is 11.5 Å². The minimum absolute atomic E-state index is 0.200. The molecule has 2 rings (SSSR count). The number of likely N-dealkylation sites (tertiary alicyclic amines) is 1. The van der Waals surface area contributed by atoms with E-state index < -0.39 is 11.9 Å². The third-order valence-corrected chi connectivity index (χ3v) is 3.77. The van der Waals surface area contributed by atoms with Crippen molar-refractivity contribution in [3.05, 3.63) is 23.8 Å². The molecule has 0 aromatic heterocycles. The van der Waals surface area contributed by atoms with E-state index >= 15 is 0 Å². The van der Waals surface area contributed by atoms with Crippen molar-refractivity contribution in [1.82, 2.24) is 4.90 Å². The van der Waals surface area contributed by atoms with Crippen LogP contribution in [0.4, 0.5) is 0 Å². The molecule has 0 aliphatic carbocycles. The van der Waals surface area contributed by atoms with E-state index in [1.54, 1.807) is 12.1 Å². The molecule has 1 heterocycles. The van der Waals surface area contributed by atoms with Crippen molar-refractivity contribution in [2.75, 3.05) is 26.8 Å². The number of methoxy groups -OCH3 is 1. The Kier molecular flexibility index (Phi) is 5.41. The van der Waals surface area contributed by atoms with Gasteiger partial charge in [-0.15, -0.1) is 0 Å². The average Bonchev–Trinajstić information content (AvgIpc) is 2.59. The predicted molar refractivity (Wildman–Crippen MR) is 80.1 cm³/mol. The predicted octanol–water partition coefficient (Wildman–Crippen LogP) is 1.27. The fourth-order valence-electron chi connectivity index (χ4n) is 2.49. The van der Waals surface area contributed by atoms with E-state index in [1.807, 2.05) is 6.07 Å². The number of nitriles is 1. The van der Waals surface area contributed by atoms with E-state index in [-0.39, 0.29) is 19.1 Å². The molecule has 0 unspecified atom stereocenters. The summed E-state index contributed by atoms with van der Waals surface area (Å²) in [5.74, 6) is -0.915. The Morgan fingerprint density at radius 3 is 2.87 bits per heavy atom. The third kappa shape index (κ3) is 4.13. The van der Waals surface area contributed by atoms with Crippen LogP contribution in [-0.4, -0.2) is 48.7 Å². The second-order valence-corrected chi connectivity index (χ2v) is 5.28. The van der Waals surface area contributed by atoms with E-state index in [0.29, 0.717) is 36.4 Å². The van der Waals surface area contributed by atoms with E-state index in [9.17, 15) is 9.59 Å². The van der Waals surface area contributed by atoms with Gasteiger partial charge in [0.05, 0.1) is 24.7 Å². The maximum absolute atomic E-state index is 12.2. The lowest BCUT2D eigenvalue weighted by atomic mass is 9.98. The van der Waals surface area contributed by atoms with Crippen LogP contribution in [0.2, 0.25) is 0 Å². The minimum Gasteiger partial charge on any atom is -0.493 e. The third-order valence-electron chi connectivity index (χ3n) is 3.77. The zero-order valence-corrected chi connectivity index (χ0v) is 12.8. The van der Waals surface area contributed by atoms with Crippen LogP contribution in [0.1, 0.15) is 18.4 Å². The number of hydrogen-bond acceptors (Lipinski definition) is 5. The molecule has 7 nitrogen and oxygen atoms in total. The summed E-state index contributed by atoms with van der Waals surface area (Å²) in [6.07, 6.45) is 1.26. The molecule has 1 N–H and O–H groups in total. The van der Waals surface area contributed by atoms with Crippen LogP contribution < -0.4 is 9.47 Å². The lowest BCUT2D eigenvalue weighted by Crippen LogP contribution is -2.44. The molecule has 0 bridgehead atoms. The fourth-order valence-corrected chi connectivity index (χ4v) is 2.49. The Morgan fingerprint density at radius 1 is 1.43 bits per heavy atom. The first kappa shape index (κ1) is 16.6. The summed E-state index contributed by atoms with van der Waals surface area (Å²) >= 11 is 0. The van der Waals surface area contributed by atoms with Gasteiger partial charge in [0.2, 0.25) is 0 Å². The van der Waals surface area contributed by atoms with E-state index in [2.05, 4.69) is 0 Å². The first-order valence-electron chi connectivity index (χ1n) is 7.26. The van der Waals surface area contributed by atoms with Gasteiger partial charge >= 0.3 is 5.97 Å². The summed E-state index contributed by atoms with van der Waals surface area (Å²) < 4.78 is 10.6. The van der Waals surface area contributed by atoms with Crippen molar-refractivity contribution >= 4 is 11.9 Å². The zero-order valence-electron chi connectivity index (χ0n) is 12.8. The standard InChI is InChI=1S/C16H18N2O5/c1-22-14-7-11(8-17)4-5-13(14)23-10-15(19)18-6-2-3-12(9-18)16(20)21/h4-5,7,12H,2-3,6,9-10H2,1H3,(H,20,21)/t12-/m1/s1. The number of carbonyl (C=O) groups is 2. The van der Waals surface area contributed by atoms with Crippen molar-refractivity contribution in [2.24, 2.45) is 5.92 Å². The largest absolute Gasteiger partial charge is 0.493 e. The normalized spacial score (nSPS) is 17.2. The van der Waals surface area contributed by atoms with Crippen molar-refractivity contribution in [3.8, 4) is 17.6 Å². The molecule has 1 atom stereocenters. The van der Waals surface area contributed by atoms with Crippen LogP contribution in [-0.2, 0) is 9.59 Å². The number of ether oxygens (including phenoxy) is 2. The summed E-state index contributed by atoms with van der Waals surface area (Å²) in [5, 5.41) is 17.9. The van der Waals surface area contributed by atoms with Crippen molar-refractivity contribution < 1.29 is 24.2 Å². The molecule has 23 heavy (non-hydrogen) atoms. The topological polar surface area (TPSA) is 99.9 Å². The van der Waals surface area contributed by atoms with Crippen LogP contribution in [0.25, 0.3) is 0 Å². The van der Waals surface area contributed by atoms with Crippen LogP contribution in [0.15, 0.2) is 18.2 Å². The number of aliphatic carboxylic acids is 1. The Hall–Kier alpha value is -2.75. The maximum Gasteiger partial charge on any atom is 0.308 e. The number of amides is 1. The Bertz CT molecular complexity index is 638. The molecular weight excluding hydrogens is 300 g/mol. The SMILES string of the molecule is COc1cc(C#N)ccc1OCC(=O)N1CCC[C@@H](C(=O)O)C1. The first-order valence-corrected chi connectivity index (χ1v) is 7.26. The van der Waals surface area contributed by atoms with Gasteiger partial charge in [-0.25, -0.2) is 0 Å². The van der Waals surface area contributed by atoms with Gasteiger partial charge in [0.1, 0.15) is 0 Å². The van der Waals surface area contributed by atoms with Crippen molar-refractivity contribution in [2.45, 2.75) is 12.8 Å². The molecule has 1 aliphatic heterocycles. The highest BCUT2D eigenvalue weighted by atomic mass is 16.5. The van der Waals surface area contributed by atoms with Gasteiger partial charge in [0.15, 0.2) is 18.1 Å². The number of carboxylic acid groups (broad SMARTS) is 1. The lowest BCUT2D eigenvalue weighted by molar-refractivity contribution is -0.146. The van der Waals surface area contributed by atoms with Crippen LogP contribution in [0, 0.1) is 17.2 Å². The molecule has 122 valence electrons. The highest BCUT2D eigenvalue weighted by molar-refractivity contribution is 5.79. The number of carboxylic acids is 1. The molecule has 0 radical (unpaired) electrons. The van der Waals surface area contributed by atoms with E-state index in [1.165, 1.54) is 18.1 Å². The number of nitrogens with zero attached hydrogens (tertiary/aromatic N) is 2.